The van der Waals surface area contributed by atoms with Crippen molar-refractivity contribution in [1.82, 2.24) is 10.2 Å². The van der Waals surface area contributed by atoms with Crippen LogP contribution in [-0.4, -0.2) is 30.8 Å². The van der Waals surface area contributed by atoms with Crippen molar-refractivity contribution < 1.29 is 9.59 Å². The minimum absolute atomic E-state index is 0.0923. The fourth-order valence-corrected chi connectivity index (χ4v) is 2.65. The van der Waals surface area contributed by atoms with Crippen LogP contribution in [0.1, 0.15) is 43.5 Å². The third-order valence-corrected chi connectivity index (χ3v) is 4.31. The van der Waals surface area contributed by atoms with E-state index in [2.05, 4.69) is 38.2 Å². The van der Waals surface area contributed by atoms with Crippen LogP contribution in [0.3, 0.4) is 0 Å². The summed E-state index contributed by atoms with van der Waals surface area (Å²) in [4.78, 5) is 26.3. The lowest BCUT2D eigenvalue weighted by molar-refractivity contribution is -0.133. The zero-order valence-electron chi connectivity index (χ0n) is 16.7. The zero-order valence-corrected chi connectivity index (χ0v) is 16.7. The van der Waals surface area contributed by atoms with Crippen LogP contribution in [0.4, 0.5) is 0 Å². The Hall–Kier alpha value is -2.88. The summed E-state index contributed by atoms with van der Waals surface area (Å²) in [6.07, 6.45) is 3.22. The van der Waals surface area contributed by atoms with Crippen molar-refractivity contribution in [2.75, 3.05) is 14.1 Å². The van der Waals surface area contributed by atoms with Crippen molar-refractivity contribution in [2.24, 2.45) is 0 Å². The van der Waals surface area contributed by atoms with Crippen LogP contribution in [0.5, 0.6) is 0 Å². The molecule has 2 aromatic carbocycles. The lowest BCUT2D eigenvalue weighted by atomic mass is 9.87. The maximum Gasteiger partial charge on any atom is 0.249 e. The van der Waals surface area contributed by atoms with Gasteiger partial charge >= 0.3 is 0 Å². The van der Waals surface area contributed by atoms with Gasteiger partial charge in [-0.2, -0.15) is 0 Å². The summed E-state index contributed by atoms with van der Waals surface area (Å²) in [6.45, 7) is 6.49. The Balaban J connectivity index is 2.11. The maximum atomic E-state index is 12.5. The van der Waals surface area contributed by atoms with Crippen LogP contribution in [-0.2, 0) is 15.0 Å². The van der Waals surface area contributed by atoms with E-state index in [0.717, 1.165) is 11.1 Å². The summed E-state index contributed by atoms with van der Waals surface area (Å²) in [5.41, 5.74) is 3.03. The standard InChI is InChI=1S/C23H28N2O2/c1-23(2,3)19-14-11-17(12-15-19)13-16-20(26)24-21(22(27)25(4)5)18-9-7-6-8-10-18/h6-16,21H,1-5H3,(H,24,26)/b16-13+. The van der Waals surface area contributed by atoms with Crippen molar-refractivity contribution in [3.05, 3.63) is 77.4 Å². The molecule has 0 bridgehead atoms. The third kappa shape index (κ3) is 5.81. The molecule has 27 heavy (non-hydrogen) atoms. The van der Waals surface area contributed by atoms with Gasteiger partial charge in [-0.15, -0.1) is 0 Å². The third-order valence-electron chi connectivity index (χ3n) is 4.31. The van der Waals surface area contributed by atoms with Crippen LogP contribution in [0, 0.1) is 0 Å². The number of amides is 2. The molecule has 2 amide bonds. The number of nitrogens with one attached hydrogen (secondary N) is 1. The lowest BCUT2D eigenvalue weighted by Crippen LogP contribution is -2.39. The second kappa shape index (κ2) is 8.67. The van der Waals surface area contributed by atoms with Gasteiger partial charge in [0, 0.05) is 20.2 Å². The van der Waals surface area contributed by atoms with E-state index in [4.69, 9.17) is 0 Å². The smallest absolute Gasteiger partial charge is 0.249 e. The van der Waals surface area contributed by atoms with Gasteiger partial charge in [0.05, 0.1) is 0 Å². The number of rotatable bonds is 5. The molecule has 0 spiro atoms. The number of likely N-dealkylation sites (N-methyl/N-ethyl adjacent to an activating group) is 1. The molecule has 0 aromatic heterocycles. The van der Waals surface area contributed by atoms with Crippen LogP contribution >= 0.6 is 0 Å². The van der Waals surface area contributed by atoms with Gasteiger partial charge in [-0.3, -0.25) is 9.59 Å². The predicted molar refractivity (Wildman–Crippen MR) is 110 cm³/mol. The Bertz CT molecular complexity index is 801. The Morgan fingerprint density at radius 3 is 2.07 bits per heavy atom. The fraction of sp³-hybridized carbons (Fsp3) is 0.304. The topological polar surface area (TPSA) is 49.4 Å². The number of benzene rings is 2. The molecule has 0 fully saturated rings. The highest BCUT2D eigenvalue weighted by Crippen LogP contribution is 2.22. The second-order valence-electron chi connectivity index (χ2n) is 7.79. The molecular formula is C23H28N2O2. The number of hydrogen-bond donors (Lipinski definition) is 1. The highest BCUT2D eigenvalue weighted by Gasteiger charge is 2.23. The molecule has 2 aromatic rings. The summed E-state index contributed by atoms with van der Waals surface area (Å²) in [5, 5.41) is 2.80. The van der Waals surface area contributed by atoms with Gasteiger partial charge in [-0.05, 0) is 28.2 Å². The van der Waals surface area contributed by atoms with Crippen molar-refractivity contribution >= 4 is 17.9 Å². The predicted octanol–water partition coefficient (Wildman–Crippen LogP) is 3.94. The summed E-state index contributed by atoms with van der Waals surface area (Å²) in [5.74, 6) is -0.476. The Morgan fingerprint density at radius 2 is 1.56 bits per heavy atom. The largest absolute Gasteiger partial charge is 0.347 e. The van der Waals surface area contributed by atoms with Crippen LogP contribution < -0.4 is 5.32 Å². The second-order valence-corrected chi connectivity index (χ2v) is 7.79. The average Bonchev–Trinajstić information content (AvgIpc) is 2.64. The van der Waals surface area contributed by atoms with Crippen molar-refractivity contribution in [3.8, 4) is 0 Å². The van der Waals surface area contributed by atoms with Gasteiger partial charge < -0.3 is 10.2 Å². The average molecular weight is 364 g/mol. The van der Waals surface area contributed by atoms with E-state index in [1.54, 1.807) is 20.2 Å². The first kappa shape index (κ1) is 20.4. The first-order valence-electron chi connectivity index (χ1n) is 9.04. The number of nitrogens with zero attached hydrogens (tertiary/aromatic N) is 1. The van der Waals surface area contributed by atoms with E-state index in [-0.39, 0.29) is 17.2 Å². The molecule has 0 aliphatic rings. The van der Waals surface area contributed by atoms with Gasteiger partial charge in [0.1, 0.15) is 6.04 Å². The van der Waals surface area contributed by atoms with E-state index in [0.29, 0.717) is 0 Å². The molecule has 4 nitrogen and oxygen atoms in total. The quantitative estimate of drug-likeness (QED) is 0.817. The van der Waals surface area contributed by atoms with E-state index in [9.17, 15) is 9.59 Å². The molecule has 0 aliphatic heterocycles. The fourth-order valence-electron chi connectivity index (χ4n) is 2.65. The summed E-state index contributed by atoms with van der Waals surface area (Å²) < 4.78 is 0. The number of carbonyl (C=O) groups excluding carboxylic acids is 2. The Kier molecular flexibility index (Phi) is 6.56. The van der Waals surface area contributed by atoms with Crippen molar-refractivity contribution in [1.29, 1.82) is 0 Å². The molecule has 0 aliphatic carbocycles. The highest BCUT2D eigenvalue weighted by molar-refractivity contribution is 5.95. The van der Waals surface area contributed by atoms with Crippen LogP contribution in [0.25, 0.3) is 6.08 Å². The maximum absolute atomic E-state index is 12.5. The molecule has 142 valence electrons. The first-order chi connectivity index (χ1) is 12.7. The summed E-state index contributed by atoms with van der Waals surface area (Å²) in [7, 11) is 3.36. The van der Waals surface area contributed by atoms with Crippen molar-refractivity contribution in [3.63, 3.8) is 0 Å². The Labute approximate surface area is 161 Å². The monoisotopic (exact) mass is 364 g/mol. The zero-order chi connectivity index (χ0) is 20.0. The molecule has 2 rings (SSSR count). The molecule has 1 N–H and O–H groups in total. The molecular weight excluding hydrogens is 336 g/mol. The molecule has 0 saturated carbocycles. The van der Waals surface area contributed by atoms with Gasteiger partial charge in [0.2, 0.25) is 11.8 Å². The highest BCUT2D eigenvalue weighted by atomic mass is 16.2. The Morgan fingerprint density at radius 1 is 0.963 bits per heavy atom. The molecule has 0 heterocycles. The summed E-state index contributed by atoms with van der Waals surface area (Å²) in [6, 6.07) is 16.7. The van der Waals surface area contributed by atoms with Gasteiger partial charge in [0.25, 0.3) is 0 Å². The molecule has 1 unspecified atom stereocenters. The molecule has 0 saturated heterocycles. The molecule has 1 atom stereocenters. The van der Waals surface area contributed by atoms with Gasteiger partial charge in [-0.1, -0.05) is 75.4 Å². The normalized spacial score (nSPS) is 12.6. The number of carbonyl (C=O) groups is 2. The van der Waals surface area contributed by atoms with Crippen molar-refractivity contribution in [2.45, 2.75) is 32.2 Å². The number of hydrogen-bond acceptors (Lipinski definition) is 2. The minimum Gasteiger partial charge on any atom is -0.347 e. The van der Waals surface area contributed by atoms with Gasteiger partial charge in [-0.25, -0.2) is 0 Å². The van der Waals surface area contributed by atoms with E-state index in [1.807, 2.05) is 42.5 Å². The van der Waals surface area contributed by atoms with Gasteiger partial charge in [0.15, 0.2) is 0 Å². The van der Waals surface area contributed by atoms with E-state index in [1.165, 1.54) is 16.5 Å². The van der Waals surface area contributed by atoms with Crippen LogP contribution in [0.2, 0.25) is 0 Å². The lowest BCUT2D eigenvalue weighted by Gasteiger charge is -2.21. The molecule has 0 radical (unpaired) electrons. The summed E-state index contributed by atoms with van der Waals surface area (Å²) >= 11 is 0. The SMILES string of the molecule is CN(C)C(=O)C(NC(=O)/C=C/c1ccc(C(C)(C)C)cc1)c1ccccc1. The minimum atomic E-state index is -0.707. The molecule has 4 heteroatoms. The van der Waals surface area contributed by atoms with Crippen LogP contribution in [0.15, 0.2) is 60.7 Å². The first-order valence-corrected chi connectivity index (χ1v) is 9.04. The van der Waals surface area contributed by atoms with E-state index < -0.39 is 6.04 Å². The van der Waals surface area contributed by atoms with E-state index >= 15 is 0 Å².